The van der Waals surface area contributed by atoms with Crippen molar-refractivity contribution >= 4 is 17.7 Å². The average molecular weight is 301 g/mol. The van der Waals surface area contributed by atoms with Gasteiger partial charge in [0.15, 0.2) is 0 Å². The van der Waals surface area contributed by atoms with Crippen LogP contribution in [0.15, 0.2) is 18.3 Å². The summed E-state index contributed by atoms with van der Waals surface area (Å²) in [5.74, 6) is -0.231. The SMILES string of the molecule is CC1CCCN(C(=O)CCN2C(=O)c3cccnc3C2=O)C1. The molecule has 0 aliphatic carbocycles. The largest absolute Gasteiger partial charge is 0.342 e. The van der Waals surface area contributed by atoms with Crippen molar-refractivity contribution in [2.24, 2.45) is 5.92 Å². The first-order valence-electron chi connectivity index (χ1n) is 7.67. The predicted molar refractivity (Wildman–Crippen MR) is 79.2 cm³/mol. The smallest absolute Gasteiger partial charge is 0.280 e. The number of rotatable bonds is 3. The van der Waals surface area contributed by atoms with Crippen molar-refractivity contribution in [3.8, 4) is 0 Å². The maximum atomic E-state index is 12.2. The molecule has 0 N–H and O–H groups in total. The molecule has 6 heteroatoms. The lowest BCUT2D eigenvalue weighted by Gasteiger charge is -2.31. The lowest BCUT2D eigenvalue weighted by Crippen LogP contribution is -2.41. The Labute approximate surface area is 129 Å². The first kappa shape index (κ1) is 14.7. The summed E-state index contributed by atoms with van der Waals surface area (Å²) in [6.45, 7) is 3.79. The molecule has 0 saturated carbocycles. The molecule has 1 fully saturated rings. The summed E-state index contributed by atoms with van der Waals surface area (Å²) in [5.41, 5.74) is 0.512. The number of hydrogen-bond donors (Lipinski definition) is 0. The summed E-state index contributed by atoms with van der Waals surface area (Å²) in [6, 6.07) is 3.23. The van der Waals surface area contributed by atoms with Crippen LogP contribution >= 0.6 is 0 Å². The minimum Gasteiger partial charge on any atom is -0.342 e. The molecule has 3 heterocycles. The van der Waals surface area contributed by atoms with E-state index in [1.165, 1.54) is 6.20 Å². The Kier molecular flexibility index (Phi) is 3.92. The van der Waals surface area contributed by atoms with Crippen LogP contribution in [0.5, 0.6) is 0 Å². The number of amides is 3. The van der Waals surface area contributed by atoms with Crippen molar-refractivity contribution in [3.05, 3.63) is 29.6 Å². The first-order valence-corrected chi connectivity index (χ1v) is 7.67. The molecular weight excluding hydrogens is 282 g/mol. The number of carbonyl (C=O) groups excluding carboxylic acids is 3. The zero-order valence-corrected chi connectivity index (χ0v) is 12.6. The molecule has 2 aliphatic rings. The number of likely N-dealkylation sites (tertiary alicyclic amines) is 1. The van der Waals surface area contributed by atoms with E-state index in [0.29, 0.717) is 11.5 Å². The van der Waals surface area contributed by atoms with Crippen LogP contribution in [0.1, 0.15) is 47.0 Å². The molecule has 3 amide bonds. The molecule has 1 unspecified atom stereocenters. The average Bonchev–Trinajstić information content (AvgIpc) is 2.77. The van der Waals surface area contributed by atoms with Crippen LogP contribution in [-0.2, 0) is 4.79 Å². The van der Waals surface area contributed by atoms with Gasteiger partial charge in [-0.25, -0.2) is 0 Å². The minimum absolute atomic E-state index is 0.0102. The Morgan fingerprint density at radius 2 is 2.18 bits per heavy atom. The highest BCUT2D eigenvalue weighted by Crippen LogP contribution is 2.21. The standard InChI is InChI=1S/C16H19N3O3/c1-11-4-3-8-18(10-11)13(20)6-9-19-15(21)12-5-2-7-17-14(12)16(19)22/h2,5,7,11H,3-4,6,8-10H2,1H3. The Morgan fingerprint density at radius 1 is 1.36 bits per heavy atom. The minimum atomic E-state index is -0.402. The summed E-state index contributed by atoms with van der Waals surface area (Å²) in [5, 5.41) is 0. The van der Waals surface area contributed by atoms with E-state index < -0.39 is 5.91 Å². The van der Waals surface area contributed by atoms with E-state index in [1.807, 2.05) is 4.90 Å². The fraction of sp³-hybridized carbons (Fsp3) is 0.500. The van der Waals surface area contributed by atoms with E-state index in [1.54, 1.807) is 12.1 Å². The van der Waals surface area contributed by atoms with Gasteiger partial charge in [0, 0.05) is 32.3 Å². The molecular formula is C16H19N3O3. The second-order valence-corrected chi connectivity index (χ2v) is 6.00. The molecule has 1 aromatic heterocycles. The number of nitrogens with zero attached hydrogens (tertiary/aromatic N) is 3. The summed E-state index contributed by atoms with van der Waals surface area (Å²) < 4.78 is 0. The van der Waals surface area contributed by atoms with Gasteiger partial charge in [-0.1, -0.05) is 6.92 Å². The third-order valence-corrected chi connectivity index (χ3v) is 4.29. The topological polar surface area (TPSA) is 70.6 Å². The van der Waals surface area contributed by atoms with Crippen LogP contribution in [0.3, 0.4) is 0 Å². The maximum Gasteiger partial charge on any atom is 0.280 e. The zero-order chi connectivity index (χ0) is 15.7. The summed E-state index contributed by atoms with van der Waals surface area (Å²) >= 11 is 0. The summed E-state index contributed by atoms with van der Waals surface area (Å²) in [7, 11) is 0. The van der Waals surface area contributed by atoms with Gasteiger partial charge in [0.25, 0.3) is 11.8 Å². The number of imide groups is 1. The van der Waals surface area contributed by atoms with Crippen molar-refractivity contribution in [2.75, 3.05) is 19.6 Å². The monoisotopic (exact) mass is 301 g/mol. The molecule has 2 aliphatic heterocycles. The fourth-order valence-electron chi connectivity index (χ4n) is 3.10. The Morgan fingerprint density at radius 3 is 2.91 bits per heavy atom. The second-order valence-electron chi connectivity index (χ2n) is 6.00. The number of carbonyl (C=O) groups is 3. The van der Waals surface area contributed by atoms with Gasteiger partial charge < -0.3 is 4.90 Å². The molecule has 0 bridgehead atoms. The lowest BCUT2D eigenvalue weighted by atomic mass is 10.00. The number of aromatic nitrogens is 1. The molecule has 1 atom stereocenters. The van der Waals surface area contributed by atoms with Crippen LogP contribution in [0.2, 0.25) is 0 Å². The van der Waals surface area contributed by atoms with Crippen LogP contribution < -0.4 is 0 Å². The summed E-state index contributed by atoms with van der Waals surface area (Å²) in [6.07, 6.45) is 3.84. The van der Waals surface area contributed by atoms with Gasteiger partial charge in [-0.2, -0.15) is 0 Å². The molecule has 116 valence electrons. The van der Waals surface area contributed by atoms with Crippen molar-refractivity contribution in [2.45, 2.75) is 26.2 Å². The normalized spacial score (nSPS) is 21.2. The molecule has 0 aromatic carbocycles. The Bertz CT molecular complexity index is 594. The third kappa shape index (κ3) is 2.61. The van der Waals surface area contributed by atoms with E-state index in [2.05, 4.69) is 11.9 Å². The fourth-order valence-corrected chi connectivity index (χ4v) is 3.10. The molecule has 1 aromatic rings. The van der Waals surface area contributed by atoms with Crippen molar-refractivity contribution in [3.63, 3.8) is 0 Å². The molecule has 0 spiro atoms. The molecule has 22 heavy (non-hydrogen) atoms. The molecule has 1 saturated heterocycles. The Balaban J connectivity index is 1.62. The second kappa shape index (κ2) is 5.87. The molecule has 3 rings (SSSR count). The van der Waals surface area contributed by atoms with E-state index >= 15 is 0 Å². The molecule has 6 nitrogen and oxygen atoms in total. The quantitative estimate of drug-likeness (QED) is 0.790. The van der Waals surface area contributed by atoms with Crippen molar-refractivity contribution in [1.82, 2.24) is 14.8 Å². The van der Waals surface area contributed by atoms with E-state index in [-0.39, 0.29) is 30.5 Å². The van der Waals surface area contributed by atoms with Crippen molar-refractivity contribution in [1.29, 1.82) is 0 Å². The van der Waals surface area contributed by atoms with Crippen LogP contribution in [0.25, 0.3) is 0 Å². The zero-order valence-electron chi connectivity index (χ0n) is 12.6. The number of fused-ring (bicyclic) bond motifs is 1. The maximum absolute atomic E-state index is 12.2. The van der Waals surface area contributed by atoms with E-state index in [9.17, 15) is 14.4 Å². The van der Waals surface area contributed by atoms with Gasteiger partial charge in [-0.05, 0) is 30.9 Å². The van der Waals surface area contributed by atoms with Crippen molar-refractivity contribution < 1.29 is 14.4 Å². The highest BCUT2D eigenvalue weighted by atomic mass is 16.2. The lowest BCUT2D eigenvalue weighted by molar-refractivity contribution is -0.132. The van der Waals surface area contributed by atoms with Crippen LogP contribution in [0.4, 0.5) is 0 Å². The van der Waals surface area contributed by atoms with Gasteiger partial charge in [-0.15, -0.1) is 0 Å². The van der Waals surface area contributed by atoms with Gasteiger partial charge in [0.05, 0.1) is 5.56 Å². The van der Waals surface area contributed by atoms with Gasteiger partial charge in [0.2, 0.25) is 5.91 Å². The predicted octanol–water partition coefficient (Wildman–Crippen LogP) is 1.33. The van der Waals surface area contributed by atoms with Crippen LogP contribution in [-0.4, -0.2) is 52.1 Å². The number of piperidine rings is 1. The Hall–Kier alpha value is -2.24. The number of hydrogen-bond acceptors (Lipinski definition) is 4. The highest BCUT2D eigenvalue weighted by molar-refractivity contribution is 6.20. The first-order chi connectivity index (χ1) is 10.6. The number of pyridine rings is 1. The van der Waals surface area contributed by atoms with Gasteiger partial charge >= 0.3 is 0 Å². The van der Waals surface area contributed by atoms with E-state index in [0.717, 1.165) is 30.8 Å². The van der Waals surface area contributed by atoms with E-state index in [4.69, 9.17) is 0 Å². The highest BCUT2D eigenvalue weighted by Gasteiger charge is 2.36. The van der Waals surface area contributed by atoms with Gasteiger partial charge in [0.1, 0.15) is 5.69 Å². The summed E-state index contributed by atoms with van der Waals surface area (Å²) in [4.78, 5) is 43.5. The van der Waals surface area contributed by atoms with Crippen LogP contribution in [0, 0.1) is 5.92 Å². The molecule has 0 radical (unpaired) electrons. The van der Waals surface area contributed by atoms with Gasteiger partial charge in [-0.3, -0.25) is 24.3 Å². The third-order valence-electron chi connectivity index (χ3n) is 4.29.